The van der Waals surface area contributed by atoms with Gasteiger partial charge in [-0.15, -0.1) is 0 Å². The highest BCUT2D eigenvalue weighted by Crippen LogP contribution is 2.11. The number of hydrogen-bond acceptors (Lipinski definition) is 2. The van der Waals surface area contributed by atoms with Crippen LogP contribution < -0.4 is 0 Å². The van der Waals surface area contributed by atoms with Gasteiger partial charge in [-0.25, -0.2) is 0 Å². The number of ketones is 1. The first-order chi connectivity index (χ1) is 6.15. The van der Waals surface area contributed by atoms with Gasteiger partial charge in [-0.05, 0) is 13.0 Å². The highest BCUT2D eigenvalue weighted by Gasteiger charge is 2.15. The molecule has 1 unspecified atom stereocenters. The van der Waals surface area contributed by atoms with Crippen molar-refractivity contribution in [1.29, 1.82) is 0 Å². The summed E-state index contributed by atoms with van der Waals surface area (Å²) in [6, 6.07) is 7.32. The molecule has 1 aromatic rings. The zero-order valence-corrected chi connectivity index (χ0v) is 8.91. The molecule has 0 bridgehead atoms. The Morgan fingerprint density at radius 1 is 1.62 bits per heavy atom. The van der Waals surface area contributed by atoms with Crippen molar-refractivity contribution in [3.63, 3.8) is 0 Å². The first kappa shape index (κ1) is 10.4. The molecule has 0 aromatic heterocycles. The molecular formula is C10H11BrO2. The van der Waals surface area contributed by atoms with Crippen molar-refractivity contribution in [2.45, 2.75) is 11.8 Å². The maximum Gasteiger partial charge on any atom is 0.178 e. The van der Waals surface area contributed by atoms with E-state index in [1.54, 1.807) is 6.07 Å². The van der Waals surface area contributed by atoms with Crippen molar-refractivity contribution in [2.24, 2.45) is 0 Å². The van der Waals surface area contributed by atoms with Gasteiger partial charge in [-0.1, -0.05) is 39.7 Å². The molecule has 0 amide bonds. The van der Waals surface area contributed by atoms with Crippen molar-refractivity contribution in [3.8, 4) is 0 Å². The monoisotopic (exact) mass is 242 g/mol. The lowest BCUT2D eigenvalue weighted by molar-refractivity contribution is 0.0968. The van der Waals surface area contributed by atoms with E-state index in [4.69, 9.17) is 5.11 Å². The fourth-order valence-corrected chi connectivity index (χ4v) is 1.33. The van der Waals surface area contributed by atoms with Crippen molar-refractivity contribution in [3.05, 3.63) is 35.4 Å². The topological polar surface area (TPSA) is 37.3 Å². The number of aliphatic hydroxyl groups excluding tert-OH is 1. The molecule has 3 heteroatoms. The van der Waals surface area contributed by atoms with Crippen molar-refractivity contribution >= 4 is 21.7 Å². The van der Waals surface area contributed by atoms with E-state index >= 15 is 0 Å². The van der Waals surface area contributed by atoms with E-state index in [0.717, 1.165) is 5.56 Å². The number of alkyl halides is 1. The molecule has 0 saturated carbocycles. The van der Waals surface area contributed by atoms with Crippen LogP contribution in [0.15, 0.2) is 24.3 Å². The van der Waals surface area contributed by atoms with Gasteiger partial charge in [0.1, 0.15) is 4.83 Å². The third-order valence-corrected chi connectivity index (χ3v) is 2.45. The van der Waals surface area contributed by atoms with Gasteiger partial charge in [0, 0.05) is 5.56 Å². The molecule has 0 saturated heterocycles. The standard InChI is InChI=1S/C10H11BrO2/c1-7-3-2-4-8(5-7)10(13)9(11)6-12/h2-5,9,12H,6H2,1H3. The Balaban J connectivity index is 2.89. The molecule has 1 atom stereocenters. The molecule has 13 heavy (non-hydrogen) atoms. The average Bonchev–Trinajstić information content (AvgIpc) is 2.15. The van der Waals surface area contributed by atoms with Crippen LogP contribution >= 0.6 is 15.9 Å². The predicted octanol–water partition coefficient (Wildman–Crippen LogP) is 1.93. The summed E-state index contributed by atoms with van der Waals surface area (Å²) < 4.78 is 0. The number of aryl methyl sites for hydroxylation is 1. The summed E-state index contributed by atoms with van der Waals surface area (Å²) in [6.07, 6.45) is 0. The smallest absolute Gasteiger partial charge is 0.178 e. The van der Waals surface area contributed by atoms with E-state index in [1.807, 2.05) is 25.1 Å². The summed E-state index contributed by atoms with van der Waals surface area (Å²) in [4.78, 5) is 11.0. The van der Waals surface area contributed by atoms with Gasteiger partial charge in [0.15, 0.2) is 5.78 Å². The summed E-state index contributed by atoms with van der Waals surface area (Å²) in [5.74, 6) is -0.0776. The molecule has 2 nitrogen and oxygen atoms in total. The van der Waals surface area contributed by atoms with Gasteiger partial charge in [-0.2, -0.15) is 0 Å². The minimum Gasteiger partial charge on any atom is -0.395 e. The minimum absolute atomic E-state index is 0.0776. The van der Waals surface area contributed by atoms with E-state index in [1.165, 1.54) is 0 Å². The zero-order valence-electron chi connectivity index (χ0n) is 7.33. The first-order valence-corrected chi connectivity index (χ1v) is 4.92. The Morgan fingerprint density at radius 3 is 2.85 bits per heavy atom. The first-order valence-electron chi connectivity index (χ1n) is 4.01. The van der Waals surface area contributed by atoms with Crippen molar-refractivity contribution in [1.82, 2.24) is 0 Å². The minimum atomic E-state index is -0.491. The van der Waals surface area contributed by atoms with Crippen LogP contribution in [0.5, 0.6) is 0 Å². The van der Waals surface area contributed by atoms with Crippen LogP contribution in [-0.4, -0.2) is 22.3 Å². The predicted molar refractivity (Wildman–Crippen MR) is 55.3 cm³/mol. The Labute approximate surface area is 85.7 Å². The van der Waals surface area contributed by atoms with Crippen LogP contribution in [-0.2, 0) is 0 Å². The van der Waals surface area contributed by atoms with E-state index in [-0.39, 0.29) is 12.4 Å². The third-order valence-electron chi connectivity index (χ3n) is 1.75. The average molecular weight is 243 g/mol. The van der Waals surface area contributed by atoms with E-state index < -0.39 is 4.83 Å². The van der Waals surface area contributed by atoms with Gasteiger partial charge in [0.2, 0.25) is 0 Å². The van der Waals surface area contributed by atoms with Crippen molar-refractivity contribution in [2.75, 3.05) is 6.61 Å². The quantitative estimate of drug-likeness (QED) is 0.650. The van der Waals surface area contributed by atoms with Crippen molar-refractivity contribution < 1.29 is 9.90 Å². The molecule has 0 fully saturated rings. The number of aliphatic hydroxyl groups is 1. The Hall–Kier alpha value is -0.670. The fourth-order valence-electron chi connectivity index (χ4n) is 1.06. The summed E-state index contributed by atoms with van der Waals surface area (Å²) >= 11 is 3.10. The second-order valence-electron chi connectivity index (χ2n) is 2.88. The Kier molecular flexibility index (Phi) is 3.63. The molecule has 1 rings (SSSR count). The van der Waals surface area contributed by atoms with Gasteiger partial charge in [0.25, 0.3) is 0 Å². The van der Waals surface area contributed by atoms with Gasteiger partial charge < -0.3 is 5.11 Å². The van der Waals surface area contributed by atoms with Crippen LogP contribution in [0.25, 0.3) is 0 Å². The third kappa shape index (κ3) is 2.64. The lowest BCUT2D eigenvalue weighted by atomic mass is 10.1. The number of Topliss-reactive ketones (excluding diaryl/α,β-unsaturated/α-hetero) is 1. The van der Waals surface area contributed by atoms with Gasteiger partial charge >= 0.3 is 0 Å². The highest BCUT2D eigenvalue weighted by molar-refractivity contribution is 9.10. The van der Waals surface area contributed by atoms with Crippen LogP contribution in [0, 0.1) is 6.92 Å². The van der Waals surface area contributed by atoms with Crippen LogP contribution in [0.3, 0.4) is 0 Å². The molecule has 0 heterocycles. The number of benzene rings is 1. The fraction of sp³-hybridized carbons (Fsp3) is 0.300. The second-order valence-corrected chi connectivity index (χ2v) is 3.99. The van der Waals surface area contributed by atoms with Crippen LogP contribution in [0.2, 0.25) is 0 Å². The van der Waals surface area contributed by atoms with Gasteiger partial charge in [-0.3, -0.25) is 4.79 Å². The summed E-state index contributed by atoms with van der Waals surface area (Å²) in [5.41, 5.74) is 1.68. The lowest BCUT2D eigenvalue weighted by Gasteiger charge is -2.05. The molecule has 0 aliphatic heterocycles. The lowest BCUT2D eigenvalue weighted by Crippen LogP contribution is -2.17. The summed E-state index contributed by atoms with van der Waals surface area (Å²) in [7, 11) is 0. The normalized spacial score (nSPS) is 12.5. The molecule has 70 valence electrons. The number of halogens is 1. The Morgan fingerprint density at radius 2 is 2.31 bits per heavy atom. The summed E-state index contributed by atoms with van der Waals surface area (Å²) in [5, 5.41) is 8.77. The SMILES string of the molecule is Cc1cccc(C(=O)C(Br)CO)c1. The van der Waals surface area contributed by atoms with Crippen LogP contribution in [0.1, 0.15) is 15.9 Å². The molecule has 1 N–H and O–H groups in total. The molecule has 0 aliphatic rings. The largest absolute Gasteiger partial charge is 0.395 e. The molecule has 0 radical (unpaired) electrons. The maximum atomic E-state index is 11.5. The number of hydrogen-bond donors (Lipinski definition) is 1. The van der Waals surface area contributed by atoms with Crippen LogP contribution in [0.4, 0.5) is 0 Å². The number of rotatable bonds is 3. The zero-order chi connectivity index (χ0) is 9.84. The molecular weight excluding hydrogens is 232 g/mol. The molecule has 0 spiro atoms. The van der Waals surface area contributed by atoms with E-state index in [2.05, 4.69) is 15.9 Å². The highest BCUT2D eigenvalue weighted by atomic mass is 79.9. The van der Waals surface area contributed by atoms with Gasteiger partial charge in [0.05, 0.1) is 6.61 Å². The molecule has 1 aromatic carbocycles. The summed E-state index contributed by atoms with van der Waals surface area (Å²) in [6.45, 7) is 1.76. The maximum absolute atomic E-state index is 11.5. The Bertz CT molecular complexity index is 310. The molecule has 0 aliphatic carbocycles. The number of carbonyl (C=O) groups excluding carboxylic acids is 1. The van der Waals surface area contributed by atoms with E-state index in [9.17, 15) is 4.79 Å². The van der Waals surface area contributed by atoms with E-state index in [0.29, 0.717) is 5.56 Å². The number of carbonyl (C=O) groups is 1. The second kappa shape index (κ2) is 4.53.